The van der Waals surface area contributed by atoms with Gasteiger partial charge in [-0.25, -0.2) is 4.98 Å². The number of benzene rings is 2. The normalized spacial score (nSPS) is 11.0. The number of aromatic nitrogens is 1. The lowest BCUT2D eigenvalue weighted by atomic mass is 10.1. The minimum atomic E-state index is -0.678. The summed E-state index contributed by atoms with van der Waals surface area (Å²) in [6.45, 7) is 0.959. The second-order valence-corrected chi connectivity index (χ2v) is 8.16. The van der Waals surface area contributed by atoms with Crippen LogP contribution in [0, 0.1) is 0 Å². The number of fused-ring (bicyclic) bond motifs is 1. The van der Waals surface area contributed by atoms with E-state index in [1.807, 2.05) is 12.3 Å². The van der Waals surface area contributed by atoms with Crippen LogP contribution in [-0.2, 0) is 4.79 Å². The fourth-order valence-corrected chi connectivity index (χ4v) is 4.10. The monoisotopic (exact) mass is 418 g/mol. The number of unbranched alkanes of at least 4 members (excludes halogenated alkanes) is 8. The summed E-state index contributed by atoms with van der Waals surface area (Å²) >= 11 is 0. The molecule has 164 valence electrons. The van der Waals surface area contributed by atoms with E-state index in [1.165, 1.54) is 48.6 Å². The molecule has 0 fully saturated rings. The highest BCUT2D eigenvalue weighted by Crippen LogP contribution is 2.31. The molecule has 0 aliphatic carbocycles. The van der Waals surface area contributed by atoms with Crippen molar-refractivity contribution >= 4 is 28.2 Å². The summed E-state index contributed by atoms with van der Waals surface area (Å²) in [4.78, 5) is 17.5. The van der Waals surface area contributed by atoms with Crippen LogP contribution in [0.25, 0.3) is 10.8 Å². The standard InChI is InChI=1S/C27H34N2O2/c30-27(31)20-8-6-4-2-1-3-5-7-13-22-29(26-19-11-12-21-28-26)25-18-14-16-23-15-9-10-17-24(23)25/h9-12,14-19,21H,1-8,13,20,22H2,(H,30,31). The minimum absolute atomic E-state index is 0.309. The van der Waals surface area contributed by atoms with Crippen LogP contribution >= 0.6 is 0 Å². The maximum absolute atomic E-state index is 10.5. The number of hydrogen-bond donors (Lipinski definition) is 1. The Morgan fingerprint density at radius 3 is 2.10 bits per heavy atom. The lowest BCUT2D eigenvalue weighted by molar-refractivity contribution is -0.137. The molecule has 0 spiro atoms. The van der Waals surface area contributed by atoms with Crippen LogP contribution in [0.3, 0.4) is 0 Å². The smallest absolute Gasteiger partial charge is 0.303 e. The van der Waals surface area contributed by atoms with E-state index in [0.717, 1.165) is 38.0 Å². The van der Waals surface area contributed by atoms with E-state index in [2.05, 4.69) is 64.5 Å². The van der Waals surface area contributed by atoms with Crippen molar-refractivity contribution in [3.63, 3.8) is 0 Å². The molecule has 0 aliphatic heterocycles. The number of carbonyl (C=O) groups is 1. The molecule has 4 nitrogen and oxygen atoms in total. The lowest BCUT2D eigenvalue weighted by Crippen LogP contribution is -2.19. The SMILES string of the molecule is O=C(O)CCCCCCCCCCCN(c1ccccn1)c1cccc2ccccc12. The highest BCUT2D eigenvalue weighted by molar-refractivity contribution is 5.95. The molecule has 0 radical (unpaired) electrons. The van der Waals surface area contributed by atoms with Crippen molar-refractivity contribution < 1.29 is 9.90 Å². The van der Waals surface area contributed by atoms with Gasteiger partial charge >= 0.3 is 5.97 Å². The van der Waals surface area contributed by atoms with Crippen molar-refractivity contribution in [3.05, 3.63) is 66.9 Å². The molecule has 0 bridgehead atoms. The molecule has 3 rings (SSSR count). The number of carboxylic acids is 1. The molecule has 0 amide bonds. The van der Waals surface area contributed by atoms with Crippen LogP contribution in [0.1, 0.15) is 64.2 Å². The molecule has 0 unspecified atom stereocenters. The molecule has 0 atom stereocenters. The van der Waals surface area contributed by atoms with Gasteiger partial charge in [0.1, 0.15) is 5.82 Å². The molecule has 31 heavy (non-hydrogen) atoms. The van der Waals surface area contributed by atoms with Gasteiger partial charge in [0, 0.05) is 24.5 Å². The van der Waals surface area contributed by atoms with Crippen molar-refractivity contribution in [1.82, 2.24) is 4.98 Å². The Morgan fingerprint density at radius 1 is 0.742 bits per heavy atom. The van der Waals surface area contributed by atoms with Gasteiger partial charge in [0.2, 0.25) is 0 Å². The summed E-state index contributed by atoms with van der Waals surface area (Å²) in [6, 6.07) is 21.1. The van der Waals surface area contributed by atoms with E-state index in [4.69, 9.17) is 5.11 Å². The highest BCUT2D eigenvalue weighted by Gasteiger charge is 2.13. The summed E-state index contributed by atoms with van der Waals surface area (Å²) in [5.74, 6) is 0.323. The van der Waals surface area contributed by atoms with Crippen molar-refractivity contribution in [2.45, 2.75) is 64.2 Å². The first-order valence-corrected chi connectivity index (χ1v) is 11.6. The summed E-state index contributed by atoms with van der Waals surface area (Å²) in [5.41, 5.74) is 1.22. The van der Waals surface area contributed by atoms with Crippen LogP contribution in [0.15, 0.2) is 66.9 Å². The summed E-state index contributed by atoms with van der Waals surface area (Å²) in [7, 11) is 0. The zero-order valence-corrected chi connectivity index (χ0v) is 18.4. The van der Waals surface area contributed by atoms with E-state index in [9.17, 15) is 4.79 Å². The van der Waals surface area contributed by atoms with E-state index in [-0.39, 0.29) is 0 Å². The van der Waals surface area contributed by atoms with E-state index in [0.29, 0.717) is 6.42 Å². The number of carboxylic acid groups (broad SMARTS) is 1. The highest BCUT2D eigenvalue weighted by atomic mass is 16.4. The number of anilines is 2. The summed E-state index contributed by atoms with van der Waals surface area (Å²) in [5, 5.41) is 11.2. The molecule has 3 aromatic rings. The Kier molecular flexibility index (Phi) is 9.36. The van der Waals surface area contributed by atoms with Crippen molar-refractivity contribution in [2.24, 2.45) is 0 Å². The van der Waals surface area contributed by atoms with Gasteiger partial charge in [-0.15, -0.1) is 0 Å². The van der Waals surface area contributed by atoms with Gasteiger partial charge in [-0.1, -0.05) is 87.4 Å². The van der Waals surface area contributed by atoms with Gasteiger partial charge in [-0.3, -0.25) is 4.79 Å². The zero-order chi connectivity index (χ0) is 21.7. The predicted molar refractivity (Wildman–Crippen MR) is 129 cm³/mol. The number of pyridine rings is 1. The van der Waals surface area contributed by atoms with Crippen molar-refractivity contribution in [3.8, 4) is 0 Å². The van der Waals surface area contributed by atoms with Crippen molar-refractivity contribution in [1.29, 1.82) is 0 Å². The Balaban J connectivity index is 1.47. The minimum Gasteiger partial charge on any atom is -0.481 e. The van der Waals surface area contributed by atoms with E-state index >= 15 is 0 Å². The van der Waals surface area contributed by atoms with Gasteiger partial charge in [0.15, 0.2) is 0 Å². The molecule has 0 saturated carbocycles. The van der Waals surface area contributed by atoms with Gasteiger partial charge in [0.05, 0.1) is 5.69 Å². The topological polar surface area (TPSA) is 53.4 Å². The Morgan fingerprint density at radius 2 is 1.39 bits per heavy atom. The first kappa shape index (κ1) is 22.8. The molecule has 1 heterocycles. The van der Waals surface area contributed by atoms with Gasteiger partial charge < -0.3 is 10.0 Å². The molecule has 0 aliphatic rings. The van der Waals surface area contributed by atoms with Crippen LogP contribution in [0.2, 0.25) is 0 Å². The largest absolute Gasteiger partial charge is 0.481 e. The second kappa shape index (κ2) is 12.7. The third kappa shape index (κ3) is 7.39. The Hall–Kier alpha value is -2.88. The fraction of sp³-hybridized carbons (Fsp3) is 0.407. The van der Waals surface area contributed by atoms with Gasteiger partial charge in [0.25, 0.3) is 0 Å². The second-order valence-electron chi connectivity index (χ2n) is 8.16. The molecule has 1 N–H and O–H groups in total. The average Bonchev–Trinajstić information content (AvgIpc) is 2.80. The zero-order valence-electron chi connectivity index (χ0n) is 18.4. The van der Waals surface area contributed by atoms with E-state index in [1.54, 1.807) is 0 Å². The molecule has 4 heteroatoms. The number of aliphatic carboxylic acids is 1. The van der Waals surface area contributed by atoms with Gasteiger partial charge in [-0.05, 0) is 36.4 Å². The quantitative estimate of drug-likeness (QED) is 0.278. The van der Waals surface area contributed by atoms with Crippen LogP contribution in [0.4, 0.5) is 11.5 Å². The van der Waals surface area contributed by atoms with Gasteiger partial charge in [-0.2, -0.15) is 0 Å². The molecule has 0 saturated heterocycles. The maximum Gasteiger partial charge on any atom is 0.303 e. The first-order valence-electron chi connectivity index (χ1n) is 11.6. The number of rotatable bonds is 14. The predicted octanol–water partition coefficient (Wildman–Crippen LogP) is 7.36. The van der Waals surface area contributed by atoms with Crippen LogP contribution < -0.4 is 4.90 Å². The molecular formula is C27H34N2O2. The molecular weight excluding hydrogens is 384 g/mol. The number of hydrogen-bond acceptors (Lipinski definition) is 3. The average molecular weight is 419 g/mol. The Bertz CT molecular complexity index is 921. The van der Waals surface area contributed by atoms with Crippen molar-refractivity contribution in [2.75, 3.05) is 11.4 Å². The summed E-state index contributed by atoms with van der Waals surface area (Å²) in [6.07, 6.45) is 12.5. The third-order valence-corrected chi connectivity index (χ3v) is 5.76. The first-order chi connectivity index (χ1) is 15.3. The molecule has 2 aromatic carbocycles. The Labute approximate surface area is 185 Å². The van der Waals surface area contributed by atoms with Crippen LogP contribution in [0.5, 0.6) is 0 Å². The molecule has 1 aromatic heterocycles. The summed E-state index contributed by atoms with van der Waals surface area (Å²) < 4.78 is 0. The lowest BCUT2D eigenvalue weighted by Gasteiger charge is -2.25. The maximum atomic E-state index is 10.5. The third-order valence-electron chi connectivity index (χ3n) is 5.76. The fourth-order valence-electron chi connectivity index (χ4n) is 4.10. The van der Waals surface area contributed by atoms with Crippen LogP contribution in [-0.4, -0.2) is 22.6 Å². The number of nitrogens with zero attached hydrogens (tertiary/aromatic N) is 2. The van der Waals surface area contributed by atoms with E-state index < -0.39 is 5.97 Å².